The molecular formula is C8H11N2+. The van der Waals surface area contributed by atoms with Crippen molar-refractivity contribution in [3.05, 3.63) is 35.9 Å². The second-order valence-electron chi connectivity index (χ2n) is 2.24. The van der Waals surface area contributed by atoms with Crippen molar-refractivity contribution in [1.29, 1.82) is 0 Å². The smallest absolute Gasteiger partial charge is 0.242 e. The zero-order valence-electron chi connectivity index (χ0n) is 5.75. The van der Waals surface area contributed by atoms with Gasteiger partial charge in [0.2, 0.25) is 5.84 Å². The molecule has 0 spiro atoms. The lowest BCUT2D eigenvalue weighted by Crippen LogP contribution is -2.46. The number of amidine groups is 1. The minimum Gasteiger partial charge on any atom is -0.291 e. The van der Waals surface area contributed by atoms with Gasteiger partial charge in [0.1, 0.15) is 0 Å². The van der Waals surface area contributed by atoms with Crippen LogP contribution in [0.15, 0.2) is 30.3 Å². The van der Waals surface area contributed by atoms with E-state index < -0.39 is 0 Å². The molecule has 0 heterocycles. The molecule has 0 radical (unpaired) electrons. The van der Waals surface area contributed by atoms with Crippen LogP contribution in [0.1, 0.15) is 5.56 Å². The fourth-order valence-corrected chi connectivity index (χ4v) is 0.832. The Morgan fingerprint density at radius 3 is 2.40 bits per heavy atom. The van der Waals surface area contributed by atoms with E-state index in [0.29, 0.717) is 12.3 Å². The van der Waals surface area contributed by atoms with Crippen LogP contribution in [0.25, 0.3) is 0 Å². The summed E-state index contributed by atoms with van der Waals surface area (Å²) in [5, 5.41) is 5.32. The molecule has 10 heavy (non-hydrogen) atoms. The van der Waals surface area contributed by atoms with E-state index >= 15 is 0 Å². The molecule has 4 N–H and O–H groups in total. The number of nitrogens with two attached hydrogens (primary N) is 2. The maximum atomic E-state index is 5.32. The van der Waals surface area contributed by atoms with Crippen LogP contribution in [0.2, 0.25) is 0 Å². The first-order valence-corrected chi connectivity index (χ1v) is 3.20. The molecule has 52 valence electrons. The molecule has 1 aromatic carbocycles. The first-order chi connectivity index (χ1) is 4.79. The van der Waals surface area contributed by atoms with Gasteiger partial charge >= 0.3 is 0 Å². The minimum absolute atomic E-state index is 0.464. The van der Waals surface area contributed by atoms with Crippen LogP contribution in [0.4, 0.5) is 0 Å². The van der Waals surface area contributed by atoms with Crippen molar-refractivity contribution in [2.24, 2.45) is 5.73 Å². The van der Waals surface area contributed by atoms with Crippen LogP contribution < -0.4 is 11.1 Å². The van der Waals surface area contributed by atoms with Gasteiger partial charge < -0.3 is 0 Å². The minimum atomic E-state index is 0.464. The normalized spacial score (nSPS) is 9.20. The number of hydrogen-bond donors (Lipinski definition) is 2. The highest BCUT2D eigenvalue weighted by Crippen LogP contribution is 1.97. The molecule has 0 aliphatic rings. The number of rotatable bonds is 2. The van der Waals surface area contributed by atoms with Crippen LogP contribution in [0.5, 0.6) is 0 Å². The Morgan fingerprint density at radius 2 is 1.90 bits per heavy atom. The van der Waals surface area contributed by atoms with E-state index in [2.05, 4.69) is 0 Å². The van der Waals surface area contributed by atoms with E-state index in [1.807, 2.05) is 30.3 Å². The second kappa shape index (κ2) is 3.01. The Kier molecular flexibility index (Phi) is 2.05. The lowest BCUT2D eigenvalue weighted by atomic mass is 10.1. The molecule has 0 unspecified atom stereocenters. The SMILES string of the molecule is NC(=[NH2+])Cc1ccccc1. The first kappa shape index (κ1) is 6.81. The molecule has 1 rings (SSSR count). The maximum absolute atomic E-state index is 5.32. The third kappa shape index (κ3) is 1.90. The third-order valence-corrected chi connectivity index (χ3v) is 1.25. The molecule has 0 aliphatic heterocycles. The Morgan fingerprint density at radius 1 is 1.30 bits per heavy atom. The lowest BCUT2D eigenvalue weighted by molar-refractivity contribution is -0.117. The van der Waals surface area contributed by atoms with E-state index in [9.17, 15) is 0 Å². The van der Waals surface area contributed by atoms with Gasteiger partial charge in [0.25, 0.3) is 0 Å². The fraction of sp³-hybridized carbons (Fsp3) is 0.125. The Bertz CT molecular complexity index is 216. The molecule has 1 aromatic rings. The van der Waals surface area contributed by atoms with Gasteiger partial charge in [-0.15, -0.1) is 0 Å². The summed E-state index contributed by atoms with van der Waals surface area (Å²) in [6, 6.07) is 9.91. The average molecular weight is 135 g/mol. The molecule has 0 aromatic heterocycles. The number of benzene rings is 1. The summed E-state index contributed by atoms with van der Waals surface area (Å²) in [4.78, 5) is 0. The summed E-state index contributed by atoms with van der Waals surface area (Å²) in [5.41, 5.74) is 6.47. The predicted molar refractivity (Wildman–Crippen MR) is 41.3 cm³/mol. The quantitative estimate of drug-likeness (QED) is 0.411. The van der Waals surface area contributed by atoms with Crippen molar-refractivity contribution in [2.45, 2.75) is 6.42 Å². The summed E-state index contributed by atoms with van der Waals surface area (Å²) < 4.78 is 0. The summed E-state index contributed by atoms with van der Waals surface area (Å²) in [5.74, 6) is 0.464. The maximum Gasteiger partial charge on any atom is 0.242 e. The highest BCUT2D eigenvalue weighted by atomic mass is 14.7. The van der Waals surface area contributed by atoms with Crippen molar-refractivity contribution in [2.75, 3.05) is 0 Å². The third-order valence-electron chi connectivity index (χ3n) is 1.25. The summed E-state index contributed by atoms with van der Waals surface area (Å²) in [6.07, 6.45) is 0.667. The lowest BCUT2D eigenvalue weighted by Gasteiger charge is -1.92. The molecular weight excluding hydrogens is 124 g/mol. The topological polar surface area (TPSA) is 51.6 Å². The van der Waals surface area contributed by atoms with Gasteiger partial charge in [0, 0.05) is 0 Å². The van der Waals surface area contributed by atoms with E-state index in [0.717, 1.165) is 5.56 Å². The van der Waals surface area contributed by atoms with Crippen molar-refractivity contribution in [3.63, 3.8) is 0 Å². The Labute approximate surface area is 60.2 Å². The zero-order chi connectivity index (χ0) is 7.40. The van der Waals surface area contributed by atoms with Gasteiger partial charge in [-0.2, -0.15) is 0 Å². The Hall–Kier alpha value is -1.31. The molecule has 0 bridgehead atoms. The van der Waals surface area contributed by atoms with Crippen LogP contribution in [0.3, 0.4) is 0 Å². The molecule has 0 fully saturated rings. The Balaban J connectivity index is 2.67. The highest BCUT2D eigenvalue weighted by molar-refractivity contribution is 5.76. The predicted octanol–water partition coefficient (Wildman–Crippen LogP) is -0.655. The average Bonchev–Trinajstić information content (AvgIpc) is 1.88. The summed E-state index contributed by atoms with van der Waals surface area (Å²) in [6.45, 7) is 0. The van der Waals surface area contributed by atoms with E-state index in [1.165, 1.54) is 0 Å². The van der Waals surface area contributed by atoms with Gasteiger partial charge in [0.05, 0.1) is 6.42 Å². The number of hydrogen-bond acceptors (Lipinski definition) is 0. The van der Waals surface area contributed by atoms with Gasteiger partial charge in [-0.3, -0.25) is 11.1 Å². The van der Waals surface area contributed by atoms with Crippen LogP contribution in [0, 0.1) is 0 Å². The molecule has 2 heteroatoms. The molecule has 0 aliphatic carbocycles. The van der Waals surface area contributed by atoms with Gasteiger partial charge in [0.15, 0.2) is 0 Å². The van der Waals surface area contributed by atoms with E-state index in [4.69, 9.17) is 11.1 Å². The van der Waals surface area contributed by atoms with Crippen molar-refractivity contribution < 1.29 is 5.41 Å². The van der Waals surface area contributed by atoms with Crippen molar-refractivity contribution >= 4 is 5.84 Å². The van der Waals surface area contributed by atoms with Crippen LogP contribution >= 0.6 is 0 Å². The van der Waals surface area contributed by atoms with Crippen LogP contribution in [-0.4, -0.2) is 5.84 Å². The van der Waals surface area contributed by atoms with Gasteiger partial charge in [-0.25, -0.2) is 0 Å². The van der Waals surface area contributed by atoms with Crippen molar-refractivity contribution in [1.82, 2.24) is 0 Å². The van der Waals surface area contributed by atoms with Crippen molar-refractivity contribution in [3.8, 4) is 0 Å². The first-order valence-electron chi connectivity index (χ1n) is 3.20. The monoisotopic (exact) mass is 135 g/mol. The molecule has 0 atom stereocenters. The van der Waals surface area contributed by atoms with E-state index in [-0.39, 0.29) is 0 Å². The van der Waals surface area contributed by atoms with Gasteiger partial charge in [-0.1, -0.05) is 30.3 Å². The summed E-state index contributed by atoms with van der Waals surface area (Å²) >= 11 is 0. The molecule has 0 saturated heterocycles. The molecule has 0 saturated carbocycles. The molecule has 0 amide bonds. The highest BCUT2D eigenvalue weighted by Gasteiger charge is 1.95. The van der Waals surface area contributed by atoms with Crippen LogP contribution in [-0.2, 0) is 6.42 Å². The summed E-state index contributed by atoms with van der Waals surface area (Å²) in [7, 11) is 0. The second-order valence-corrected chi connectivity index (χ2v) is 2.24. The largest absolute Gasteiger partial charge is 0.291 e. The standard InChI is InChI=1S/C8H10N2/c9-8(10)6-7-4-2-1-3-5-7/h1-5H,6H2,(H3,9,10)/p+1. The fourth-order valence-electron chi connectivity index (χ4n) is 0.832. The zero-order valence-corrected chi connectivity index (χ0v) is 5.75. The van der Waals surface area contributed by atoms with Gasteiger partial charge in [-0.05, 0) is 5.56 Å². The molecule has 2 nitrogen and oxygen atoms in total. The van der Waals surface area contributed by atoms with E-state index in [1.54, 1.807) is 0 Å².